The lowest BCUT2D eigenvalue weighted by atomic mass is 10.4. The number of hydrogen-bond acceptors (Lipinski definition) is 5. The van der Waals surface area contributed by atoms with Crippen molar-refractivity contribution in [2.75, 3.05) is 7.11 Å². The molecule has 0 bridgehead atoms. The summed E-state index contributed by atoms with van der Waals surface area (Å²) in [4.78, 5) is 16.2. The van der Waals surface area contributed by atoms with Gasteiger partial charge < -0.3 is 13.8 Å². The molecule has 0 unspecified atom stereocenters. The molecule has 0 spiro atoms. The first-order chi connectivity index (χ1) is 9.17. The van der Waals surface area contributed by atoms with Crippen LogP contribution < -0.4 is 10.3 Å². The number of nitrogens with zero attached hydrogens (tertiary/aromatic N) is 3. The smallest absolute Gasteiger partial charge is 0.254 e. The second kappa shape index (κ2) is 4.80. The Morgan fingerprint density at radius 3 is 3.05 bits per heavy atom. The molecule has 2 heterocycles. The van der Waals surface area contributed by atoms with Crippen LogP contribution in [0.5, 0.6) is 5.75 Å². The van der Waals surface area contributed by atoms with Crippen molar-refractivity contribution in [2.45, 2.75) is 25.3 Å². The highest BCUT2D eigenvalue weighted by Gasteiger charge is 2.29. The summed E-state index contributed by atoms with van der Waals surface area (Å²) in [6.45, 7) is 0.289. The Bertz CT molecular complexity index is 660. The first-order valence-corrected chi connectivity index (χ1v) is 6.73. The minimum absolute atomic E-state index is 0.169. The van der Waals surface area contributed by atoms with Crippen LogP contribution >= 0.6 is 15.9 Å². The summed E-state index contributed by atoms with van der Waals surface area (Å²) in [5, 5.41) is 3.89. The normalized spacial score (nSPS) is 14.6. The number of hydrogen-bond donors (Lipinski definition) is 0. The molecule has 1 fully saturated rings. The monoisotopic (exact) mass is 325 g/mol. The second-order valence-electron chi connectivity index (χ2n) is 4.48. The van der Waals surface area contributed by atoms with Crippen LogP contribution in [-0.2, 0) is 6.54 Å². The van der Waals surface area contributed by atoms with Gasteiger partial charge in [0.25, 0.3) is 5.56 Å². The third-order valence-corrected chi connectivity index (χ3v) is 3.58. The van der Waals surface area contributed by atoms with Crippen LogP contribution in [0.15, 0.2) is 26.1 Å². The zero-order chi connectivity index (χ0) is 13.4. The van der Waals surface area contributed by atoms with E-state index in [9.17, 15) is 4.79 Å². The fraction of sp³-hybridized carbons (Fsp3) is 0.417. The number of rotatable bonds is 4. The van der Waals surface area contributed by atoms with Crippen LogP contribution in [0.3, 0.4) is 0 Å². The van der Waals surface area contributed by atoms with E-state index in [1.165, 1.54) is 17.7 Å². The van der Waals surface area contributed by atoms with E-state index in [0.717, 1.165) is 12.8 Å². The summed E-state index contributed by atoms with van der Waals surface area (Å²) in [6.07, 6.45) is 3.87. The lowest BCUT2D eigenvalue weighted by Gasteiger charge is -2.06. The van der Waals surface area contributed by atoms with E-state index in [1.54, 1.807) is 6.20 Å². The van der Waals surface area contributed by atoms with Crippen molar-refractivity contribution in [1.29, 1.82) is 0 Å². The van der Waals surface area contributed by atoms with Crippen molar-refractivity contribution in [1.82, 2.24) is 14.7 Å². The number of pyridine rings is 1. The first-order valence-electron chi connectivity index (χ1n) is 5.94. The summed E-state index contributed by atoms with van der Waals surface area (Å²) >= 11 is 3.34. The summed E-state index contributed by atoms with van der Waals surface area (Å²) in [5.41, 5.74) is -0.169. The third kappa shape index (κ3) is 2.56. The minimum Gasteiger partial charge on any atom is -0.495 e. The van der Waals surface area contributed by atoms with E-state index in [4.69, 9.17) is 9.26 Å². The topological polar surface area (TPSA) is 70.2 Å². The molecule has 19 heavy (non-hydrogen) atoms. The zero-order valence-corrected chi connectivity index (χ0v) is 11.9. The van der Waals surface area contributed by atoms with Gasteiger partial charge in [-0.3, -0.25) is 4.79 Å². The molecule has 0 radical (unpaired) electrons. The minimum atomic E-state index is -0.169. The molecule has 0 amide bonds. The van der Waals surface area contributed by atoms with E-state index in [2.05, 4.69) is 26.1 Å². The molecule has 6 nitrogen and oxygen atoms in total. The van der Waals surface area contributed by atoms with Gasteiger partial charge in [0.05, 0.1) is 18.1 Å². The van der Waals surface area contributed by atoms with Gasteiger partial charge in [-0.05, 0) is 28.8 Å². The van der Waals surface area contributed by atoms with E-state index < -0.39 is 0 Å². The van der Waals surface area contributed by atoms with Gasteiger partial charge in [0.15, 0.2) is 5.82 Å². The summed E-state index contributed by atoms with van der Waals surface area (Å²) in [6, 6.07) is 1.42. The molecule has 0 atom stereocenters. The van der Waals surface area contributed by atoms with Crippen LogP contribution in [0.1, 0.15) is 30.5 Å². The van der Waals surface area contributed by atoms with Crippen LogP contribution in [0.2, 0.25) is 0 Å². The molecular formula is C12H12BrN3O3. The maximum Gasteiger partial charge on any atom is 0.254 e. The van der Waals surface area contributed by atoms with Gasteiger partial charge in [0.1, 0.15) is 5.75 Å². The summed E-state index contributed by atoms with van der Waals surface area (Å²) in [5.74, 6) is 2.12. The summed E-state index contributed by atoms with van der Waals surface area (Å²) < 4.78 is 12.4. The van der Waals surface area contributed by atoms with Crippen molar-refractivity contribution < 1.29 is 9.26 Å². The standard InChI is InChI=1S/C12H12BrN3O3/c1-18-9-4-11(17)16(5-8(9)13)6-10-14-12(19-15-10)7-2-3-7/h4-5,7H,2-3,6H2,1H3. The maximum absolute atomic E-state index is 11.9. The largest absolute Gasteiger partial charge is 0.495 e. The Hall–Kier alpha value is -1.63. The Morgan fingerprint density at radius 1 is 1.58 bits per heavy atom. The maximum atomic E-state index is 11.9. The van der Waals surface area contributed by atoms with Crippen molar-refractivity contribution in [3.8, 4) is 5.75 Å². The average molecular weight is 326 g/mol. The van der Waals surface area contributed by atoms with Gasteiger partial charge in [0, 0.05) is 18.2 Å². The highest BCUT2D eigenvalue weighted by atomic mass is 79.9. The predicted octanol–water partition coefficient (Wildman–Crippen LogP) is 1.93. The Morgan fingerprint density at radius 2 is 2.37 bits per heavy atom. The highest BCUT2D eigenvalue weighted by molar-refractivity contribution is 9.10. The van der Waals surface area contributed by atoms with E-state index in [-0.39, 0.29) is 12.1 Å². The van der Waals surface area contributed by atoms with Crippen molar-refractivity contribution in [3.63, 3.8) is 0 Å². The van der Waals surface area contributed by atoms with Gasteiger partial charge in [-0.1, -0.05) is 5.16 Å². The molecule has 1 aliphatic rings. The van der Waals surface area contributed by atoms with Crippen molar-refractivity contribution >= 4 is 15.9 Å². The molecule has 7 heteroatoms. The molecule has 2 aromatic heterocycles. The molecule has 0 N–H and O–H groups in total. The third-order valence-electron chi connectivity index (χ3n) is 2.98. The quantitative estimate of drug-likeness (QED) is 0.859. The fourth-order valence-electron chi connectivity index (χ4n) is 1.79. The first kappa shape index (κ1) is 12.4. The van der Waals surface area contributed by atoms with E-state index in [0.29, 0.717) is 27.9 Å². The van der Waals surface area contributed by atoms with Gasteiger partial charge >= 0.3 is 0 Å². The highest BCUT2D eigenvalue weighted by Crippen LogP contribution is 2.38. The van der Waals surface area contributed by atoms with Crippen LogP contribution in [0, 0.1) is 0 Å². The van der Waals surface area contributed by atoms with Gasteiger partial charge in [-0.25, -0.2) is 0 Å². The number of ether oxygens (including phenoxy) is 1. The Kier molecular flexibility index (Phi) is 3.14. The fourth-order valence-corrected chi connectivity index (χ4v) is 2.31. The van der Waals surface area contributed by atoms with Crippen molar-refractivity contribution in [2.24, 2.45) is 0 Å². The summed E-state index contributed by atoms with van der Waals surface area (Å²) in [7, 11) is 1.52. The molecule has 0 aliphatic heterocycles. The number of halogens is 1. The molecule has 1 saturated carbocycles. The molecule has 2 aromatic rings. The van der Waals surface area contributed by atoms with Crippen LogP contribution in [0.4, 0.5) is 0 Å². The molecule has 0 aromatic carbocycles. The molecule has 0 saturated heterocycles. The molecular weight excluding hydrogens is 314 g/mol. The number of aromatic nitrogens is 3. The lowest BCUT2D eigenvalue weighted by molar-refractivity contribution is 0.372. The van der Waals surface area contributed by atoms with Crippen LogP contribution in [0.25, 0.3) is 0 Å². The SMILES string of the molecule is COc1cc(=O)n(Cc2noc(C3CC3)n2)cc1Br. The van der Waals surface area contributed by atoms with Crippen LogP contribution in [-0.4, -0.2) is 21.8 Å². The zero-order valence-electron chi connectivity index (χ0n) is 10.3. The number of methoxy groups -OCH3 is 1. The van der Waals surface area contributed by atoms with E-state index in [1.807, 2.05) is 0 Å². The van der Waals surface area contributed by atoms with Crippen molar-refractivity contribution in [3.05, 3.63) is 38.8 Å². The Balaban J connectivity index is 1.85. The predicted molar refractivity (Wildman–Crippen MR) is 70.3 cm³/mol. The molecule has 3 rings (SSSR count). The molecule has 1 aliphatic carbocycles. The molecule has 100 valence electrons. The van der Waals surface area contributed by atoms with E-state index >= 15 is 0 Å². The van der Waals surface area contributed by atoms with Gasteiger partial charge in [0.2, 0.25) is 5.89 Å². The Labute approximate surface area is 117 Å². The van der Waals surface area contributed by atoms with Gasteiger partial charge in [-0.2, -0.15) is 4.98 Å². The lowest BCUT2D eigenvalue weighted by Crippen LogP contribution is -2.20. The average Bonchev–Trinajstić information content (AvgIpc) is 3.14. The van der Waals surface area contributed by atoms with Gasteiger partial charge in [-0.15, -0.1) is 0 Å². The second-order valence-corrected chi connectivity index (χ2v) is 5.33.